The van der Waals surface area contributed by atoms with Gasteiger partial charge in [0.15, 0.2) is 0 Å². The lowest BCUT2D eigenvalue weighted by Crippen LogP contribution is -2.16. The highest BCUT2D eigenvalue weighted by Gasteiger charge is 2.13. The average Bonchev–Trinajstić information content (AvgIpc) is 2.88. The van der Waals surface area contributed by atoms with Crippen molar-refractivity contribution in [2.24, 2.45) is 0 Å². The second-order valence-electron chi connectivity index (χ2n) is 6.16. The Labute approximate surface area is 135 Å². The van der Waals surface area contributed by atoms with E-state index in [9.17, 15) is 10.1 Å². The zero-order valence-corrected chi connectivity index (χ0v) is 14.5. The van der Waals surface area contributed by atoms with E-state index in [0.717, 1.165) is 0 Å². The van der Waals surface area contributed by atoms with Crippen molar-refractivity contribution in [1.29, 1.82) is 0 Å². The highest BCUT2D eigenvalue weighted by Crippen LogP contribution is 2.24. The van der Waals surface area contributed by atoms with Gasteiger partial charge < -0.3 is 9.26 Å². The molecule has 1 aromatic carbocycles. The molecule has 0 aliphatic rings. The summed E-state index contributed by atoms with van der Waals surface area (Å²) in [6.07, 6.45) is 0. The quantitative estimate of drug-likeness (QED) is 0.370. The van der Waals surface area contributed by atoms with Gasteiger partial charge in [-0.1, -0.05) is 30.7 Å². The molecule has 7 heteroatoms. The standard InChI is InChI=1S/C16H18N2O4Si/c1-12-9-14(17-22-12)11-21-16-6-5-15(18(19)20)10-13(16)7-8-23(2,3)4/h5-6,9-10H,11H2,1-4H3. The fourth-order valence-electron chi connectivity index (χ4n) is 1.75. The molecule has 0 radical (unpaired) electrons. The monoisotopic (exact) mass is 330 g/mol. The van der Waals surface area contributed by atoms with Crippen molar-refractivity contribution in [3.8, 4) is 17.2 Å². The van der Waals surface area contributed by atoms with Crippen molar-refractivity contribution in [3.63, 3.8) is 0 Å². The number of aryl methyl sites for hydroxylation is 1. The lowest BCUT2D eigenvalue weighted by Gasteiger charge is -2.08. The minimum atomic E-state index is -1.60. The van der Waals surface area contributed by atoms with E-state index in [2.05, 4.69) is 36.3 Å². The third-order valence-corrected chi connectivity index (χ3v) is 3.67. The Morgan fingerprint density at radius 2 is 2.09 bits per heavy atom. The van der Waals surface area contributed by atoms with Gasteiger partial charge >= 0.3 is 0 Å². The fraction of sp³-hybridized carbons (Fsp3) is 0.312. The van der Waals surface area contributed by atoms with Crippen LogP contribution in [-0.4, -0.2) is 18.2 Å². The SMILES string of the molecule is Cc1cc(COc2ccc([N+](=O)[O-])cc2C#C[Si](C)(C)C)no1. The summed E-state index contributed by atoms with van der Waals surface area (Å²) in [7, 11) is -1.60. The zero-order chi connectivity index (χ0) is 17.0. The van der Waals surface area contributed by atoms with Crippen LogP contribution in [-0.2, 0) is 6.61 Å². The van der Waals surface area contributed by atoms with Crippen LogP contribution in [0.3, 0.4) is 0 Å². The Morgan fingerprint density at radius 1 is 1.35 bits per heavy atom. The first kappa shape index (κ1) is 16.8. The third kappa shape index (κ3) is 4.97. The van der Waals surface area contributed by atoms with E-state index in [-0.39, 0.29) is 12.3 Å². The molecule has 23 heavy (non-hydrogen) atoms. The molecule has 0 bridgehead atoms. The largest absolute Gasteiger partial charge is 0.486 e. The molecule has 0 atom stereocenters. The second kappa shape index (κ2) is 6.67. The van der Waals surface area contributed by atoms with Crippen LogP contribution in [0.4, 0.5) is 5.69 Å². The van der Waals surface area contributed by atoms with Crippen molar-refractivity contribution in [1.82, 2.24) is 5.16 Å². The maximum Gasteiger partial charge on any atom is 0.270 e. The number of hydrogen-bond donors (Lipinski definition) is 0. The summed E-state index contributed by atoms with van der Waals surface area (Å²) in [5.41, 5.74) is 4.37. The van der Waals surface area contributed by atoms with Crippen molar-refractivity contribution >= 4 is 13.8 Å². The topological polar surface area (TPSA) is 78.4 Å². The summed E-state index contributed by atoms with van der Waals surface area (Å²) in [6.45, 7) is 8.34. The molecule has 120 valence electrons. The fourth-order valence-corrected chi connectivity index (χ4v) is 2.26. The molecule has 0 unspecified atom stereocenters. The minimum Gasteiger partial charge on any atom is -0.486 e. The number of hydrogen-bond acceptors (Lipinski definition) is 5. The van der Waals surface area contributed by atoms with Gasteiger partial charge in [-0.2, -0.15) is 0 Å². The average molecular weight is 330 g/mol. The number of non-ortho nitro benzene ring substituents is 1. The van der Waals surface area contributed by atoms with Crippen LogP contribution < -0.4 is 4.74 Å². The molecule has 1 heterocycles. The zero-order valence-electron chi connectivity index (χ0n) is 13.5. The van der Waals surface area contributed by atoms with Gasteiger partial charge in [0.1, 0.15) is 31.9 Å². The van der Waals surface area contributed by atoms with Crippen molar-refractivity contribution in [2.75, 3.05) is 0 Å². The number of nitrogens with zero attached hydrogens (tertiary/aromatic N) is 2. The predicted molar refractivity (Wildman–Crippen MR) is 88.9 cm³/mol. The highest BCUT2D eigenvalue weighted by atomic mass is 28.3. The predicted octanol–water partition coefficient (Wildman–Crippen LogP) is 3.70. The Morgan fingerprint density at radius 3 is 2.65 bits per heavy atom. The van der Waals surface area contributed by atoms with E-state index in [1.165, 1.54) is 12.1 Å². The molecule has 0 amide bonds. The van der Waals surface area contributed by atoms with Gasteiger partial charge in [0.05, 0.1) is 10.5 Å². The first-order valence-electron chi connectivity index (χ1n) is 7.11. The van der Waals surface area contributed by atoms with E-state index in [1.807, 2.05) is 0 Å². The van der Waals surface area contributed by atoms with E-state index < -0.39 is 13.0 Å². The number of benzene rings is 1. The number of rotatable bonds is 4. The molecule has 0 fully saturated rings. The summed E-state index contributed by atoms with van der Waals surface area (Å²) in [4.78, 5) is 10.5. The van der Waals surface area contributed by atoms with Crippen LogP contribution in [0.1, 0.15) is 17.0 Å². The van der Waals surface area contributed by atoms with Gasteiger partial charge in [0.2, 0.25) is 0 Å². The van der Waals surface area contributed by atoms with Crippen LogP contribution in [0.15, 0.2) is 28.8 Å². The molecule has 2 aromatic rings. The Bertz CT molecular complexity index is 781. The second-order valence-corrected chi connectivity index (χ2v) is 10.9. The number of ether oxygens (including phenoxy) is 1. The molecule has 0 saturated heterocycles. The number of nitro benzene ring substituents is 1. The molecule has 0 aliphatic heterocycles. The van der Waals surface area contributed by atoms with E-state index in [4.69, 9.17) is 9.26 Å². The molecule has 1 aromatic heterocycles. The van der Waals surface area contributed by atoms with Crippen LogP contribution in [0.25, 0.3) is 0 Å². The first-order valence-corrected chi connectivity index (χ1v) is 10.6. The summed E-state index contributed by atoms with van der Waals surface area (Å²) in [5.74, 6) is 4.23. The van der Waals surface area contributed by atoms with E-state index in [1.54, 1.807) is 19.1 Å². The summed E-state index contributed by atoms with van der Waals surface area (Å²) in [5, 5.41) is 14.8. The molecule has 6 nitrogen and oxygen atoms in total. The van der Waals surface area contributed by atoms with Gasteiger partial charge in [0, 0.05) is 18.2 Å². The maximum atomic E-state index is 11.0. The van der Waals surface area contributed by atoms with Gasteiger partial charge in [-0.05, 0) is 13.0 Å². The van der Waals surface area contributed by atoms with Gasteiger partial charge in [-0.15, -0.1) is 5.54 Å². The normalized spacial score (nSPS) is 10.8. The lowest BCUT2D eigenvalue weighted by molar-refractivity contribution is -0.384. The molecule has 2 rings (SSSR count). The Hall–Kier alpha value is -2.59. The highest BCUT2D eigenvalue weighted by molar-refractivity contribution is 6.83. The molecule has 0 aliphatic carbocycles. The van der Waals surface area contributed by atoms with Crippen molar-refractivity contribution in [3.05, 3.63) is 51.4 Å². The molecular weight excluding hydrogens is 312 g/mol. The molecular formula is C16H18N2O4Si. The third-order valence-electron chi connectivity index (χ3n) is 2.80. The van der Waals surface area contributed by atoms with Gasteiger partial charge in [0.25, 0.3) is 5.69 Å². The summed E-state index contributed by atoms with van der Waals surface area (Å²) in [6, 6.07) is 6.19. The lowest BCUT2D eigenvalue weighted by atomic mass is 10.2. The summed E-state index contributed by atoms with van der Waals surface area (Å²) >= 11 is 0. The van der Waals surface area contributed by atoms with Gasteiger partial charge in [-0.25, -0.2) is 0 Å². The molecule has 0 saturated carbocycles. The minimum absolute atomic E-state index is 0.00509. The van der Waals surface area contributed by atoms with Crippen molar-refractivity contribution < 1.29 is 14.2 Å². The molecule has 0 spiro atoms. The summed E-state index contributed by atoms with van der Waals surface area (Å²) < 4.78 is 10.7. The van der Waals surface area contributed by atoms with Crippen LogP contribution in [0.5, 0.6) is 5.75 Å². The first-order chi connectivity index (χ1) is 10.7. The van der Waals surface area contributed by atoms with Crippen LogP contribution >= 0.6 is 0 Å². The Balaban J connectivity index is 2.29. The smallest absolute Gasteiger partial charge is 0.270 e. The number of nitro groups is 1. The molecule has 0 N–H and O–H groups in total. The maximum absolute atomic E-state index is 11.0. The van der Waals surface area contributed by atoms with Gasteiger partial charge in [-0.3, -0.25) is 10.1 Å². The van der Waals surface area contributed by atoms with Crippen molar-refractivity contribution in [2.45, 2.75) is 33.2 Å². The van der Waals surface area contributed by atoms with Crippen LogP contribution in [0, 0.1) is 28.5 Å². The van der Waals surface area contributed by atoms with Crippen LogP contribution in [0.2, 0.25) is 19.6 Å². The number of aromatic nitrogens is 1. The van der Waals surface area contributed by atoms with E-state index in [0.29, 0.717) is 22.8 Å². The Kier molecular flexibility index (Phi) is 4.86. The van der Waals surface area contributed by atoms with E-state index >= 15 is 0 Å².